The first-order chi connectivity index (χ1) is 8.79. The van der Waals surface area contributed by atoms with Crippen LogP contribution in [0.5, 0.6) is 0 Å². The molecule has 1 heterocycles. The van der Waals surface area contributed by atoms with Gasteiger partial charge >= 0.3 is 5.97 Å². The highest BCUT2D eigenvalue weighted by molar-refractivity contribution is 5.69. The third-order valence-electron chi connectivity index (χ3n) is 2.66. The maximum absolute atomic E-state index is 11.3. The van der Waals surface area contributed by atoms with Crippen LogP contribution in [0.25, 0.3) is 11.3 Å². The second kappa shape index (κ2) is 6.05. The number of furan rings is 1. The first-order valence-electron chi connectivity index (χ1n) is 6.08. The average molecular weight is 244 g/mol. The van der Waals surface area contributed by atoms with E-state index in [0.717, 1.165) is 16.9 Å². The van der Waals surface area contributed by atoms with E-state index in [1.807, 2.05) is 43.3 Å². The first kappa shape index (κ1) is 12.4. The Morgan fingerprint density at radius 1 is 1.28 bits per heavy atom. The Morgan fingerprint density at radius 3 is 2.89 bits per heavy atom. The van der Waals surface area contributed by atoms with Crippen LogP contribution in [0, 0.1) is 0 Å². The van der Waals surface area contributed by atoms with Crippen molar-refractivity contribution in [3.63, 3.8) is 0 Å². The van der Waals surface area contributed by atoms with Crippen LogP contribution >= 0.6 is 0 Å². The van der Waals surface area contributed by atoms with Crippen molar-refractivity contribution >= 4 is 5.97 Å². The fourth-order valence-electron chi connectivity index (χ4n) is 1.80. The molecule has 0 radical (unpaired) electrons. The molecule has 0 aliphatic carbocycles. The number of esters is 1. The van der Waals surface area contributed by atoms with Crippen LogP contribution in [0.3, 0.4) is 0 Å². The van der Waals surface area contributed by atoms with Crippen molar-refractivity contribution in [3.8, 4) is 11.3 Å². The van der Waals surface area contributed by atoms with Gasteiger partial charge in [-0.15, -0.1) is 0 Å². The minimum atomic E-state index is -0.152. The van der Waals surface area contributed by atoms with Crippen molar-refractivity contribution in [1.29, 1.82) is 0 Å². The highest BCUT2D eigenvalue weighted by atomic mass is 16.5. The van der Waals surface area contributed by atoms with Crippen molar-refractivity contribution < 1.29 is 13.9 Å². The third kappa shape index (κ3) is 3.23. The molecule has 0 N–H and O–H groups in total. The summed E-state index contributed by atoms with van der Waals surface area (Å²) >= 11 is 0. The topological polar surface area (TPSA) is 39.4 Å². The summed E-state index contributed by atoms with van der Waals surface area (Å²) < 4.78 is 10.3. The Kier molecular flexibility index (Phi) is 4.18. The normalized spacial score (nSPS) is 10.3. The van der Waals surface area contributed by atoms with E-state index >= 15 is 0 Å². The molecule has 2 rings (SSSR count). The van der Waals surface area contributed by atoms with Crippen molar-refractivity contribution in [2.24, 2.45) is 0 Å². The Labute approximate surface area is 106 Å². The minimum absolute atomic E-state index is 0.152. The van der Waals surface area contributed by atoms with Gasteiger partial charge in [-0.3, -0.25) is 4.79 Å². The zero-order valence-corrected chi connectivity index (χ0v) is 10.4. The summed E-state index contributed by atoms with van der Waals surface area (Å²) in [7, 11) is 0. The second-order valence-electron chi connectivity index (χ2n) is 3.98. The van der Waals surface area contributed by atoms with E-state index in [9.17, 15) is 4.79 Å². The van der Waals surface area contributed by atoms with Crippen LogP contribution in [0.15, 0.2) is 47.1 Å². The number of ether oxygens (including phenoxy) is 1. The Balaban J connectivity index is 2.02. The van der Waals surface area contributed by atoms with Crippen LogP contribution < -0.4 is 0 Å². The van der Waals surface area contributed by atoms with Crippen LogP contribution in [0.2, 0.25) is 0 Å². The maximum Gasteiger partial charge on any atom is 0.306 e. The molecule has 0 amide bonds. The number of hydrogen-bond acceptors (Lipinski definition) is 3. The molecule has 0 bridgehead atoms. The second-order valence-corrected chi connectivity index (χ2v) is 3.98. The zero-order chi connectivity index (χ0) is 12.8. The van der Waals surface area contributed by atoms with Gasteiger partial charge in [0.1, 0.15) is 5.76 Å². The van der Waals surface area contributed by atoms with E-state index in [2.05, 4.69) is 0 Å². The predicted molar refractivity (Wildman–Crippen MR) is 69.1 cm³/mol. The summed E-state index contributed by atoms with van der Waals surface area (Å²) in [6.07, 6.45) is 2.75. The van der Waals surface area contributed by atoms with Crippen LogP contribution in [-0.4, -0.2) is 12.6 Å². The number of aryl methyl sites for hydroxylation is 1. The van der Waals surface area contributed by atoms with Gasteiger partial charge in [-0.05, 0) is 37.1 Å². The smallest absolute Gasteiger partial charge is 0.306 e. The first-order valence-corrected chi connectivity index (χ1v) is 6.08. The lowest BCUT2D eigenvalue weighted by molar-refractivity contribution is -0.143. The van der Waals surface area contributed by atoms with Crippen molar-refractivity contribution in [2.45, 2.75) is 19.8 Å². The molecule has 0 saturated heterocycles. The Bertz CT molecular complexity index is 500. The van der Waals surface area contributed by atoms with E-state index in [0.29, 0.717) is 19.4 Å². The van der Waals surface area contributed by atoms with Crippen LogP contribution in [0.1, 0.15) is 18.9 Å². The third-order valence-corrected chi connectivity index (χ3v) is 2.66. The molecule has 18 heavy (non-hydrogen) atoms. The summed E-state index contributed by atoms with van der Waals surface area (Å²) in [5, 5.41) is 0. The monoisotopic (exact) mass is 244 g/mol. The zero-order valence-electron chi connectivity index (χ0n) is 10.4. The lowest BCUT2D eigenvalue weighted by atomic mass is 10.1. The van der Waals surface area contributed by atoms with E-state index in [1.54, 1.807) is 6.26 Å². The molecule has 0 unspecified atom stereocenters. The molecule has 3 nitrogen and oxygen atoms in total. The predicted octanol–water partition coefficient (Wildman–Crippen LogP) is 3.44. The molecule has 0 fully saturated rings. The number of carbonyl (C=O) groups is 1. The molecule has 1 aromatic heterocycles. The number of benzene rings is 1. The van der Waals surface area contributed by atoms with Gasteiger partial charge in [0, 0.05) is 12.0 Å². The molecule has 94 valence electrons. The highest BCUT2D eigenvalue weighted by Crippen LogP contribution is 2.21. The molecule has 1 aromatic carbocycles. The van der Waals surface area contributed by atoms with Crippen molar-refractivity contribution in [1.82, 2.24) is 0 Å². The fourth-order valence-corrected chi connectivity index (χ4v) is 1.80. The minimum Gasteiger partial charge on any atom is -0.466 e. The van der Waals surface area contributed by atoms with Gasteiger partial charge in [0.25, 0.3) is 0 Å². The van der Waals surface area contributed by atoms with Gasteiger partial charge < -0.3 is 9.15 Å². The van der Waals surface area contributed by atoms with Crippen LogP contribution in [-0.2, 0) is 16.0 Å². The largest absolute Gasteiger partial charge is 0.466 e. The molecule has 0 saturated carbocycles. The fraction of sp³-hybridized carbons (Fsp3) is 0.267. The lowest BCUT2D eigenvalue weighted by Crippen LogP contribution is -2.05. The van der Waals surface area contributed by atoms with E-state index in [-0.39, 0.29) is 5.97 Å². The van der Waals surface area contributed by atoms with E-state index in [1.165, 1.54) is 0 Å². The van der Waals surface area contributed by atoms with Crippen molar-refractivity contribution in [2.75, 3.05) is 6.61 Å². The summed E-state index contributed by atoms with van der Waals surface area (Å²) in [6.45, 7) is 2.25. The molecular formula is C15H16O3. The summed E-state index contributed by atoms with van der Waals surface area (Å²) in [4.78, 5) is 11.3. The number of hydrogen-bond donors (Lipinski definition) is 0. The molecule has 0 aliphatic rings. The van der Waals surface area contributed by atoms with Gasteiger partial charge in [0.05, 0.1) is 12.9 Å². The Morgan fingerprint density at radius 2 is 2.17 bits per heavy atom. The summed E-state index contributed by atoms with van der Waals surface area (Å²) in [6, 6.07) is 11.8. The lowest BCUT2D eigenvalue weighted by Gasteiger charge is -2.04. The van der Waals surface area contributed by atoms with Gasteiger partial charge in [-0.1, -0.05) is 18.2 Å². The molecule has 0 aliphatic heterocycles. The Hall–Kier alpha value is -2.03. The number of carbonyl (C=O) groups excluding carboxylic acids is 1. The molecule has 3 heteroatoms. The quantitative estimate of drug-likeness (QED) is 0.756. The van der Waals surface area contributed by atoms with Crippen LogP contribution in [0.4, 0.5) is 0 Å². The molecular weight excluding hydrogens is 228 g/mol. The summed E-state index contributed by atoms with van der Waals surface area (Å²) in [5.41, 5.74) is 2.14. The maximum atomic E-state index is 11.3. The molecule has 2 aromatic rings. The summed E-state index contributed by atoms with van der Waals surface area (Å²) in [5.74, 6) is 0.689. The molecule has 0 spiro atoms. The van der Waals surface area contributed by atoms with Gasteiger partial charge in [-0.2, -0.15) is 0 Å². The highest BCUT2D eigenvalue weighted by Gasteiger charge is 2.05. The van der Waals surface area contributed by atoms with Crippen molar-refractivity contribution in [3.05, 3.63) is 48.2 Å². The van der Waals surface area contributed by atoms with Gasteiger partial charge in [-0.25, -0.2) is 0 Å². The van der Waals surface area contributed by atoms with E-state index in [4.69, 9.17) is 9.15 Å². The number of rotatable bonds is 5. The van der Waals surface area contributed by atoms with Gasteiger partial charge in [0.15, 0.2) is 0 Å². The average Bonchev–Trinajstić information content (AvgIpc) is 2.91. The SMILES string of the molecule is CCOC(=O)CCc1cccc(-c2ccco2)c1. The van der Waals surface area contributed by atoms with Gasteiger partial charge in [0.2, 0.25) is 0 Å². The molecule has 0 atom stereocenters. The standard InChI is InChI=1S/C15H16O3/c1-2-17-15(16)9-8-12-5-3-6-13(11-12)14-7-4-10-18-14/h3-7,10-11H,2,8-9H2,1H3. The van der Waals surface area contributed by atoms with E-state index < -0.39 is 0 Å².